The molecule has 9 nitrogen and oxygen atoms in total. The molecule has 0 aliphatic heterocycles. The van der Waals surface area contributed by atoms with Crippen LogP contribution in [0.5, 0.6) is 11.5 Å². The van der Waals surface area contributed by atoms with Gasteiger partial charge in [0.25, 0.3) is 10.0 Å². The van der Waals surface area contributed by atoms with Gasteiger partial charge in [-0.05, 0) is 68.7 Å². The quantitative estimate of drug-likeness (QED) is 0.305. The largest absolute Gasteiger partial charge is 0.497 e. The lowest BCUT2D eigenvalue weighted by molar-refractivity contribution is -0.139. The second kappa shape index (κ2) is 14.5. The Balaban J connectivity index is 2.01. The molecule has 0 radical (unpaired) electrons. The van der Waals surface area contributed by atoms with E-state index in [0.717, 1.165) is 16.3 Å². The van der Waals surface area contributed by atoms with Crippen LogP contribution >= 0.6 is 0 Å². The number of anilines is 1. The molecule has 0 aliphatic rings. The summed E-state index contributed by atoms with van der Waals surface area (Å²) in [7, 11) is -1.30. The maximum atomic E-state index is 14.0. The minimum absolute atomic E-state index is 0.0181. The molecule has 0 saturated heterocycles. The standard InChI is InChI=1S/C31H39N3O6S/c1-6-23(2)32-31(36)24(3)33(21-20-25-12-8-7-9-13-25)30(35)22-34(28-14-10-11-15-29(28)40-5)41(37,38)27-18-16-26(39-4)17-19-27/h7-19,23-24H,6,20-22H2,1-5H3,(H,32,36)/t23-,24-/m0/s1. The lowest BCUT2D eigenvalue weighted by atomic mass is 10.1. The lowest BCUT2D eigenvalue weighted by Crippen LogP contribution is -2.53. The Morgan fingerprint density at radius 3 is 2.12 bits per heavy atom. The summed E-state index contributed by atoms with van der Waals surface area (Å²) in [5.74, 6) is -0.0359. The number of nitrogens with one attached hydrogen (secondary N) is 1. The van der Waals surface area contributed by atoms with Gasteiger partial charge in [0, 0.05) is 12.6 Å². The van der Waals surface area contributed by atoms with Crippen LogP contribution in [0.2, 0.25) is 0 Å². The summed E-state index contributed by atoms with van der Waals surface area (Å²) < 4.78 is 39.7. The minimum Gasteiger partial charge on any atom is -0.497 e. The van der Waals surface area contributed by atoms with Gasteiger partial charge < -0.3 is 19.7 Å². The SMILES string of the molecule is CC[C@H](C)NC(=O)[C@H](C)N(CCc1ccccc1)C(=O)CN(c1ccccc1OC)S(=O)(=O)c1ccc(OC)cc1. The van der Waals surface area contributed by atoms with Crippen LogP contribution < -0.4 is 19.1 Å². The summed E-state index contributed by atoms with van der Waals surface area (Å²) in [4.78, 5) is 28.6. The number of methoxy groups -OCH3 is 2. The summed E-state index contributed by atoms with van der Waals surface area (Å²) >= 11 is 0. The molecule has 3 aromatic carbocycles. The molecule has 0 aromatic heterocycles. The van der Waals surface area contributed by atoms with Crippen molar-refractivity contribution in [1.29, 1.82) is 0 Å². The van der Waals surface area contributed by atoms with E-state index in [4.69, 9.17) is 9.47 Å². The Bertz CT molecular complexity index is 1400. The lowest BCUT2D eigenvalue weighted by Gasteiger charge is -2.32. The van der Waals surface area contributed by atoms with E-state index in [9.17, 15) is 18.0 Å². The Labute approximate surface area is 243 Å². The summed E-state index contributed by atoms with van der Waals surface area (Å²) in [6.07, 6.45) is 1.23. The number of benzene rings is 3. The van der Waals surface area contributed by atoms with Crippen molar-refractivity contribution in [3.05, 3.63) is 84.4 Å². The number of rotatable bonds is 14. The monoisotopic (exact) mass is 581 g/mol. The van der Waals surface area contributed by atoms with Crippen molar-refractivity contribution < 1.29 is 27.5 Å². The highest BCUT2D eigenvalue weighted by molar-refractivity contribution is 7.92. The van der Waals surface area contributed by atoms with Crippen molar-refractivity contribution in [3.63, 3.8) is 0 Å². The first-order valence-electron chi connectivity index (χ1n) is 13.6. The van der Waals surface area contributed by atoms with Crippen LogP contribution in [-0.2, 0) is 26.0 Å². The number of carbonyl (C=O) groups excluding carboxylic acids is 2. The highest BCUT2D eigenvalue weighted by Crippen LogP contribution is 2.33. The third kappa shape index (κ3) is 8.00. The van der Waals surface area contributed by atoms with E-state index in [1.807, 2.05) is 44.2 Å². The first-order valence-corrected chi connectivity index (χ1v) is 15.0. The molecule has 0 aliphatic carbocycles. The number of ether oxygens (including phenoxy) is 2. The number of para-hydroxylation sites is 2. The maximum absolute atomic E-state index is 14.0. The number of amides is 2. The molecule has 10 heteroatoms. The molecule has 0 saturated carbocycles. The predicted octanol–water partition coefficient (Wildman–Crippen LogP) is 4.27. The molecule has 2 amide bonds. The minimum atomic E-state index is -4.23. The van der Waals surface area contributed by atoms with E-state index in [1.54, 1.807) is 43.3 Å². The normalized spacial score (nSPS) is 12.6. The molecular formula is C31H39N3O6S. The van der Waals surface area contributed by atoms with E-state index in [1.165, 1.54) is 31.3 Å². The van der Waals surface area contributed by atoms with E-state index in [-0.39, 0.29) is 34.8 Å². The van der Waals surface area contributed by atoms with Gasteiger partial charge in [-0.3, -0.25) is 13.9 Å². The van der Waals surface area contributed by atoms with E-state index >= 15 is 0 Å². The van der Waals surface area contributed by atoms with Gasteiger partial charge in [-0.25, -0.2) is 8.42 Å². The number of hydrogen-bond donors (Lipinski definition) is 1. The Morgan fingerprint density at radius 1 is 0.878 bits per heavy atom. The van der Waals surface area contributed by atoms with Crippen molar-refractivity contribution in [2.45, 2.75) is 50.6 Å². The summed E-state index contributed by atoms with van der Waals surface area (Å²) in [5, 5.41) is 2.94. The van der Waals surface area contributed by atoms with Crippen LogP contribution in [0.4, 0.5) is 5.69 Å². The molecule has 3 rings (SSSR count). The van der Waals surface area contributed by atoms with Gasteiger partial charge in [-0.2, -0.15) is 0 Å². The first-order chi connectivity index (χ1) is 19.6. The second-order valence-electron chi connectivity index (χ2n) is 9.68. The van der Waals surface area contributed by atoms with Crippen LogP contribution in [0.3, 0.4) is 0 Å². The molecule has 3 aromatic rings. The predicted molar refractivity (Wildman–Crippen MR) is 160 cm³/mol. The van der Waals surface area contributed by atoms with E-state index < -0.39 is 28.5 Å². The van der Waals surface area contributed by atoms with Gasteiger partial charge in [-0.1, -0.05) is 49.4 Å². The zero-order chi connectivity index (χ0) is 30.0. The molecule has 0 bridgehead atoms. The zero-order valence-electron chi connectivity index (χ0n) is 24.2. The maximum Gasteiger partial charge on any atom is 0.264 e. The van der Waals surface area contributed by atoms with Crippen LogP contribution in [0.1, 0.15) is 32.8 Å². The zero-order valence-corrected chi connectivity index (χ0v) is 25.1. The Hall–Kier alpha value is -4.05. The third-order valence-corrected chi connectivity index (χ3v) is 8.71. The first kappa shape index (κ1) is 31.5. The van der Waals surface area contributed by atoms with Gasteiger partial charge in [0.15, 0.2) is 0 Å². The molecular weight excluding hydrogens is 542 g/mol. The number of carbonyl (C=O) groups is 2. The number of nitrogens with zero attached hydrogens (tertiary/aromatic N) is 2. The van der Waals surface area contributed by atoms with Gasteiger partial charge in [0.05, 0.1) is 24.8 Å². The van der Waals surface area contributed by atoms with Crippen LogP contribution in [0.15, 0.2) is 83.8 Å². The van der Waals surface area contributed by atoms with Crippen LogP contribution in [0, 0.1) is 0 Å². The van der Waals surface area contributed by atoms with Crippen molar-refractivity contribution in [2.24, 2.45) is 0 Å². The highest BCUT2D eigenvalue weighted by Gasteiger charge is 2.33. The Morgan fingerprint density at radius 2 is 1.51 bits per heavy atom. The highest BCUT2D eigenvalue weighted by atomic mass is 32.2. The molecule has 0 unspecified atom stereocenters. The summed E-state index contributed by atoms with van der Waals surface area (Å²) in [6, 6.07) is 21.3. The third-order valence-electron chi connectivity index (χ3n) is 6.93. The van der Waals surface area contributed by atoms with Gasteiger partial charge >= 0.3 is 0 Å². The average molecular weight is 582 g/mol. The number of sulfonamides is 1. The second-order valence-corrected chi connectivity index (χ2v) is 11.5. The summed E-state index contributed by atoms with van der Waals surface area (Å²) in [6.45, 7) is 5.20. The molecule has 220 valence electrons. The fraction of sp³-hybridized carbons (Fsp3) is 0.355. The molecule has 0 spiro atoms. The van der Waals surface area contributed by atoms with Crippen molar-refractivity contribution in [3.8, 4) is 11.5 Å². The molecule has 1 N–H and O–H groups in total. The smallest absolute Gasteiger partial charge is 0.264 e. The topological polar surface area (TPSA) is 105 Å². The Kier molecular flexibility index (Phi) is 11.2. The van der Waals surface area contributed by atoms with E-state index in [0.29, 0.717) is 12.2 Å². The van der Waals surface area contributed by atoms with Crippen LogP contribution in [-0.4, -0.2) is 64.5 Å². The van der Waals surface area contributed by atoms with Crippen molar-refractivity contribution in [2.75, 3.05) is 31.6 Å². The fourth-order valence-electron chi connectivity index (χ4n) is 4.26. The van der Waals surface area contributed by atoms with Gasteiger partial charge in [0.2, 0.25) is 11.8 Å². The number of hydrogen-bond acceptors (Lipinski definition) is 6. The van der Waals surface area contributed by atoms with Gasteiger partial charge in [-0.15, -0.1) is 0 Å². The van der Waals surface area contributed by atoms with E-state index in [2.05, 4.69) is 5.32 Å². The van der Waals surface area contributed by atoms with Gasteiger partial charge in [0.1, 0.15) is 24.1 Å². The van der Waals surface area contributed by atoms with Crippen LogP contribution in [0.25, 0.3) is 0 Å². The summed E-state index contributed by atoms with van der Waals surface area (Å²) in [5.41, 5.74) is 1.20. The fourth-order valence-corrected chi connectivity index (χ4v) is 5.68. The molecule has 41 heavy (non-hydrogen) atoms. The molecule has 0 heterocycles. The van der Waals surface area contributed by atoms with Crippen molar-refractivity contribution in [1.82, 2.24) is 10.2 Å². The molecule has 0 fully saturated rings. The average Bonchev–Trinajstić information content (AvgIpc) is 3.00. The van der Waals surface area contributed by atoms with Crippen molar-refractivity contribution >= 4 is 27.5 Å². The molecule has 2 atom stereocenters.